The van der Waals surface area contributed by atoms with Crippen LogP contribution in [-0.2, 0) is 14.3 Å². The van der Waals surface area contributed by atoms with Crippen LogP contribution in [0.5, 0.6) is 0 Å². The maximum atomic E-state index is 12.5. The number of carbonyl (C=O) groups excluding carboxylic acids is 2. The summed E-state index contributed by atoms with van der Waals surface area (Å²) in [5.74, 6) is -0.0202. The molecule has 0 bridgehead atoms. The Morgan fingerprint density at radius 2 is 0.588 bits per heavy atom. The lowest BCUT2D eigenvalue weighted by atomic mass is 10.0. The third kappa shape index (κ3) is 70.8. The van der Waals surface area contributed by atoms with Gasteiger partial charge in [0.1, 0.15) is 0 Å². The molecule has 0 aromatic carbocycles. The summed E-state index contributed by atoms with van der Waals surface area (Å²) in [6.07, 6.45) is 97.6. The monoisotopic (exact) mass is 1190 g/mol. The Morgan fingerprint density at radius 3 is 0.918 bits per heavy atom. The van der Waals surface area contributed by atoms with Gasteiger partial charge in [-0.1, -0.05) is 364 Å². The van der Waals surface area contributed by atoms with E-state index in [2.05, 4.69) is 67.8 Å². The van der Waals surface area contributed by atoms with Crippen molar-refractivity contribution in [2.45, 2.75) is 431 Å². The number of unbranched alkanes of at least 4 members (excludes halogenated alkanes) is 53. The van der Waals surface area contributed by atoms with Crippen molar-refractivity contribution in [2.24, 2.45) is 0 Å². The molecule has 3 N–H and O–H groups in total. The van der Waals surface area contributed by atoms with Crippen molar-refractivity contribution in [3.05, 3.63) is 48.6 Å². The van der Waals surface area contributed by atoms with E-state index in [9.17, 15) is 19.8 Å². The zero-order valence-corrected chi connectivity index (χ0v) is 57.4. The number of esters is 1. The molecular formula is C79H149NO5. The molecule has 0 aliphatic rings. The molecule has 1 amide bonds. The number of carbonyl (C=O) groups is 2. The van der Waals surface area contributed by atoms with Crippen LogP contribution >= 0.6 is 0 Å². The molecule has 6 heteroatoms. The average Bonchev–Trinajstić information content (AvgIpc) is 3.51. The second kappa shape index (κ2) is 74.3. The number of aliphatic hydroxyl groups is 2. The molecule has 500 valence electrons. The Hall–Kier alpha value is -2.18. The second-order valence-corrected chi connectivity index (χ2v) is 26.3. The predicted octanol–water partition coefficient (Wildman–Crippen LogP) is 25.2. The maximum absolute atomic E-state index is 12.5. The van der Waals surface area contributed by atoms with Gasteiger partial charge in [0.25, 0.3) is 0 Å². The summed E-state index contributed by atoms with van der Waals surface area (Å²) in [6, 6.07) is -0.540. The lowest BCUT2D eigenvalue weighted by Gasteiger charge is -2.22. The van der Waals surface area contributed by atoms with Crippen LogP contribution in [0, 0.1) is 0 Å². The first kappa shape index (κ1) is 82.8. The van der Waals surface area contributed by atoms with Gasteiger partial charge in [-0.3, -0.25) is 9.59 Å². The summed E-state index contributed by atoms with van der Waals surface area (Å²) in [6.45, 7) is 4.96. The Kier molecular flexibility index (Phi) is 72.4. The van der Waals surface area contributed by atoms with Crippen LogP contribution in [-0.4, -0.2) is 47.4 Å². The highest BCUT2D eigenvalue weighted by Gasteiger charge is 2.20. The number of amides is 1. The number of nitrogens with one attached hydrogen (secondary N) is 1. The van der Waals surface area contributed by atoms with Crippen LogP contribution in [0.15, 0.2) is 48.6 Å². The van der Waals surface area contributed by atoms with Crippen molar-refractivity contribution in [3.8, 4) is 0 Å². The van der Waals surface area contributed by atoms with E-state index in [0.29, 0.717) is 25.9 Å². The Bertz CT molecular complexity index is 1420. The SMILES string of the molecule is CCCCC/C=C\C/C=C\CCCCCCCCCC(=O)OCCCCCCCCCCCCC/C=C\C/C=C\CCCCCCCCCCCCCCCCCCCC(=O)NC(CO)C(O)CCCCCCCCCCCCCCCCCC. The van der Waals surface area contributed by atoms with Gasteiger partial charge in [-0.2, -0.15) is 0 Å². The Balaban J connectivity index is 3.37. The highest BCUT2D eigenvalue weighted by molar-refractivity contribution is 5.76. The summed E-state index contributed by atoms with van der Waals surface area (Å²) >= 11 is 0. The van der Waals surface area contributed by atoms with Gasteiger partial charge in [-0.05, 0) is 89.9 Å². The van der Waals surface area contributed by atoms with Gasteiger partial charge in [-0.15, -0.1) is 0 Å². The zero-order chi connectivity index (χ0) is 61.3. The van der Waals surface area contributed by atoms with Crippen molar-refractivity contribution in [1.29, 1.82) is 0 Å². The first-order valence-electron chi connectivity index (χ1n) is 38.4. The van der Waals surface area contributed by atoms with Gasteiger partial charge >= 0.3 is 5.97 Å². The molecule has 0 fully saturated rings. The number of allylic oxidation sites excluding steroid dienone is 8. The van der Waals surface area contributed by atoms with E-state index in [1.54, 1.807) is 0 Å². The van der Waals surface area contributed by atoms with Crippen molar-refractivity contribution in [2.75, 3.05) is 13.2 Å². The summed E-state index contributed by atoms with van der Waals surface area (Å²) in [5, 5.41) is 23.4. The van der Waals surface area contributed by atoms with Crippen LogP contribution < -0.4 is 5.32 Å². The number of aliphatic hydroxyl groups excluding tert-OH is 2. The van der Waals surface area contributed by atoms with Gasteiger partial charge in [0.05, 0.1) is 25.4 Å². The van der Waals surface area contributed by atoms with Crippen molar-refractivity contribution in [1.82, 2.24) is 5.32 Å². The molecule has 0 aromatic heterocycles. The van der Waals surface area contributed by atoms with Crippen LogP contribution in [0.3, 0.4) is 0 Å². The molecule has 0 spiro atoms. The van der Waals surface area contributed by atoms with E-state index < -0.39 is 12.1 Å². The quantitative estimate of drug-likeness (QED) is 0.0320. The molecule has 0 aromatic rings. The van der Waals surface area contributed by atoms with Crippen molar-refractivity contribution >= 4 is 11.9 Å². The lowest BCUT2D eigenvalue weighted by molar-refractivity contribution is -0.143. The summed E-state index contributed by atoms with van der Waals surface area (Å²) in [5.41, 5.74) is 0. The van der Waals surface area contributed by atoms with E-state index in [1.807, 2.05) is 0 Å². The molecule has 0 aliphatic heterocycles. The van der Waals surface area contributed by atoms with Crippen molar-refractivity contribution in [3.63, 3.8) is 0 Å². The number of hydrogen-bond donors (Lipinski definition) is 3. The van der Waals surface area contributed by atoms with Gasteiger partial charge in [-0.25, -0.2) is 0 Å². The van der Waals surface area contributed by atoms with E-state index >= 15 is 0 Å². The molecule has 2 atom stereocenters. The number of ether oxygens (including phenoxy) is 1. The number of rotatable bonds is 72. The van der Waals surface area contributed by atoms with Crippen molar-refractivity contribution < 1.29 is 24.5 Å². The van der Waals surface area contributed by atoms with Gasteiger partial charge in [0.2, 0.25) is 5.91 Å². The smallest absolute Gasteiger partial charge is 0.305 e. The van der Waals surface area contributed by atoms with E-state index in [4.69, 9.17) is 4.74 Å². The van der Waals surface area contributed by atoms with E-state index in [1.165, 1.54) is 327 Å². The van der Waals surface area contributed by atoms with Crippen LogP contribution in [0.2, 0.25) is 0 Å². The second-order valence-electron chi connectivity index (χ2n) is 26.3. The Labute approximate surface area is 531 Å². The standard InChI is InChI=1S/C79H149NO5/c1-3-5-7-9-11-13-15-17-19-40-45-49-53-57-61-65-69-73-79(84)85-74-70-66-62-58-54-50-46-42-39-37-35-33-31-29-27-25-23-21-22-24-26-28-30-32-34-36-38-41-44-48-52-56-60-64-68-72-78(83)80-76(75-81)77(82)71-67-63-59-55-51-47-43-20-18-16-14-12-10-8-6-4-2/h11,13,17,19,23,25,29,31,76-77,81-82H,3-10,12,14-16,18,20-22,24,26-28,30,32-75H2,1-2H3,(H,80,83)/b13-11-,19-17-,25-23-,31-29-. The molecule has 0 aliphatic carbocycles. The molecule has 2 unspecified atom stereocenters. The van der Waals surface area contributed by atoms with Gasteiger partial charge in [0, 0.05) is 12.8 Å². The molecule has 0 rings (SSSR count). The summed E-state index contributed by atoms with van der Waals surface area (Å²) in [4.78, 5) is 24.6. The van der Waals surface area contributed by atoms with Crippen LogP contribution in [0.4, 0.5) is 0 Å². The third-order valence-corrected chi connectivity index (χ3v) is 17.9. The zero-order valence-electron chi connectivity index (χ0n) is 57.4. The predicted molar refractivity (Wildman–Crippen MR) is 375 cm³/mol. The molecule has 0 saturated carbocycles. The highest BCUT2D eigenvalue weighted by Crippen LogP contribution is 2.19. The molecule has 0 heterocycles. The molecule has 6 nitrogen and oxygen atoms in total. The van der Waals surface area contributed by atoms with Gasteiger partial charge in [0.15, 0.2) is 0 Å². The minimum absolute atomic E-state index is 0.00932. The largest absolute Gasteiger partial charge is 0.466 e. The fourth-order valence-electron chi connectivity index (χ4n) is 12.0. The van der Waals surface area contributed by atoms with Crippen LogP contribution in [0.1, 0.15) is 418 Å². The fourth-order valence-corrected chi connectivity index (χ4v) is 12.0. The first-order chi connectivity index (χ1) is 42.0. The fraction of sp³-hybridized carbons (Fsp3) is 0.873. The van der Waals surface area contributed by atoms with Gasteiger partial charge < -0.3 is 20.3 Å². The maximum Gasteiger partial charge on any atom is 0.305 e. The molecular weight excluding hydrogens is 1040 g/mol. The van der Waals surface area contributed by atoms with E-state index in [-0.39, 0.29) is 18.5 Å². The normalized spacial score (nSPS) is 12.8. The molecule has 0 saturated heterocycles. The summed E-state index contributed by atoms with van der Waals surface area (Å²) < 4.78 is 5.50. The highest BCUT2D eigenvalue weighted by atomic mass is 16.5. The molecule has 85 heavy (non-hydrogen) atoms. The minimum atomic E-state index is -0.663. The third-order valence-electron chi connectivity index (χ3n) is 17.9. The summed E-state index contributed by atoms with van der Waals surface area (Å²) in [7, 11) is 0. The Morgan fingerprint density at radius 1 is 0.329 bits per heavy atom. The van der Waals surface area contributed by atoms with E-state index in [0.717, 1.165) is 57.8 Å². The van der Waals surface area contributed by atoms with Crippen LogP contribution in [0.25, 0.3) is 0 Å². The minimum Gasteiger partial charge on any atom is -0.466 e. The molecule has 0 radical (unpaired) electrons. The number of hydrogen-bond acceptors (Lipinski definition) is 5. The average molecular weight is 1190 g/mol. The topological polar surface area (TPSA) is 95.9 Å². The lowest BCUT2D eigenvalue weighted by Crippen LogP contribution is -2.45. The first-order valence-corrected chi connectivity index (χ1v) is 38.4.